The number of nitrogens with one attached hydrogen (secondary N) is 2. The van der Waals surface area contributed by atoms with Gasteiger partial charge < -0.3 is 15.5 Å². The van der Waals surface area contributed by atoms with Crippen molar-refractivity contribution in [1.29, 1.82) is 0 Å². The largest absolute Gasteiger partial charge is 0.506 e. The molecule has 2 aliphatic rings. The van der Waals surface area contributed by atoms with Crippen LogP contribution >= 0.6 is 0 Å². The molecule has 0 amide bonds. The Labute approximate surface area is 129 Å². The molecule has 4 N–H and O–H groups in total. The molecule has 8 heteroatoms. The van der Waals surface area contributed by atoms with Crippen LogP contribution in [-0.2, 0) is 16.6 Å². The van der Waals surface area contributed by atoms with Crippen LogP contribution in [0.1, 0.15) is 18.4 Å². The van der Waals surface area contributed by atoms with E-state index < -0.39 is 16.1 Å². The first-order valence-electron chi connectivity index (χ1n) is 7.21. The van der Waals surface area contributed by atoms with Crippen molar-refractivity contribution in [2.45, 2.75) is 19.3 Å². The summed E-state index contributed by atoms with van der Waals surface area (Å²) in [5.41, 5.74) is 1.08. The third kappa shape index (κ3) is 2.97. The van der Waals surface area contributed by atoms with Crippen LogP contribution in [0.25, 0.3) is 0 Å². The van der Waals surface area contributed by atoms with E-state index in [0.29, 0.717) is 5.92 Å². The molecule has 2 aliphatic heterocycles. The highest BCUT2D eigenvalue weighted by molar-refractivity contribution is 7.91. The molecule has 0 aromatic heterocycles. The van der Waals surface area contributed by atoms with Crippen molar-refractivity contribution in [2.75, 3.05) is 17.4 Å². The molecule has 120 valence electrons. The van der Waals surface area contributed by atoms with E-state index in [0.717, 1.165) is 48.4 Å². The van der Waals surface area contributed by atoms with Gasteiger partial charge in [-0.15, -0.1) is 0 Å². The van der Waals surface area contributed by atoms with Crippen molar-refractivity contribution in [3.05, 3.63) is 35.8 Å². The predicted molar refractivity (Wildman–Crippen MR) is 82.7 cm³/mol. The summed E-state index contributed by atoms with van der Waals surface area (Å²) in [6.45, 7) is 2.01. The molecule has 1 saturated heterocycles. The van der Waals surface area contributed by atoms with Gasteiger partial charge in [-0.1, -0.05) is 6.07 Å². The Balaban J connectivity index is 1.80. The number of benzene rings is 1. The molecule has 1 fully saturated rings. The molecule has 1 aromatic carbocycles. The second-order valence-corrected chi connectivity index (χ2v) is 7.20. The maximum absolute atomic E-state index is 11.8. The quantitative estimate of drug-likeness (QED) is 0.663. The summed E-state index contributed by atoms with van der Waals surface area (Å²) < 4.78 is 26.4. The van der Waals surface area contributed by atoms with Gasteiger partial charge in [0.25, 0.3) is 0 Å². The Hall–Kier alpha value is -1.93. The van der Waals surface area contributed by atoms with Gasteiger partial charge in [-0.05, 0) is 56.0 Å². The van der Waals surface area contributed by atoms with Gasteiger partial charge in [-0.25, -0.2) is 9.03 Å². The maximum atomic E-state index is 11.8. The molecule has 0 spiro atoms. The zero-order chi connectivity index (χ0) is 15.7. The van der Waals surface area contributed by atoms with E-state index in [-0.39, 0.29) is 11.4 Å². The number of aromatic hydroxyl groups is 1. The molecule has 0 bridgehead atoms. The van der Waals surface area contributed by atoms with Crippen LogP contribution in [0, 0.1) is 5.92 Å². The molecule has 7 nitrogen and oxygen atoms in total. The van der Waals surface area contributed by atoms with E-state index in [2.05, 4.69) is 5.32 Å². The third-order valence-electron chi connectivity index (χ3n) is 3.93. The van der Waals surface area contributed by atoms with Crippen LogP contribution in [0.5, 0.6) is 5.75 Å². The Morgan fingerprint density at radius 2 is 2.14 bits per heavy atom. The van der Waals surface area contributed by atoms with Gasteiger partial charge in [0.2, 0.25) is 5.88 Å². The number of phenolic OH excluding ortho intramolecular Hbond substituents is 1. The Morgan fingerprint density at radius 3 is 2.73 bits per heavy atom. The summed E-state index contributed by atoms with van der Waals surface area (Å²) in [5, 5.41) is 22.8. The minimum absolute atomic E-state index is 0.113. The van der Waals surface area contributed by atoms with Gasteiger partial charge in [0.15, 0.2) is 0 Å². The summed E-state index contributed by atoms with van der Waals surface area (Å²) >= 11 is 0. The number of aliphatic hydroxyl groups excluding tert-OH is 1. The molecule has 0 aliphatic carbocycles. The smallest absolute Gasteiger partial charge is 0.330 e. The number of nitrogens with zero attached hydrogens (tertiary/aromatic N) is 1. The van der Waals surface area contributed by atoms with Gasteiger partial charge >= 0.3 is 10.2 Å². The number of piperidine rings is 1. The summed E-state index contributed by atoms with van der Waals surface area (Å²) in [4.78, 5) is 0. The number of anilines is 1. The fraction of sp³-hybridized carbons (Fsp3) is 0.429. The van der Waals surface area contributed by atoms with E-state index in [1.165, 1.54) is 0 Å². The first-order chi connectivity index (χ1) is 10.5. The molecule has 3 rings (SSSR count). The van der Waals surface area contributed by atoms with Gasteiger partial charge in [-0.3, -0.25) is 0 Å². The first-order valence-corrected chi connectivity index (χ1v) is 8.65. The summed E-state index contributed by atoms with van der Waals surface area (Å²) in [7, 11) is -3.88. The van der Waals surface area contributed by atoms with Crippen molar-refractivity contribution in [1.82, 2.24) is 10.0 Å². The Morgan fingerprint density at radius 1 is 1.32 bits per heavy atom. The fourth-order valence-corrected chi connectivity index (χ4v) is 3.97. The third-order valence-corrected chi connectivity index (χ3v) is 5.22. The summed E-state index contributed by atoms with van der Waals surface area (Å²) in [6, 6.07) is 4.94. The van der Waals surface area contributed by atoms with Crippen LogP contribution in [-0.4, -0.2) is 31.7 Å². The lowest BCUT2D eigenvalue weighted by molar-refractivity contribution is 0.375. The summed E-state index contributed by atoms with van der Waals surface area (Å²) in [5.74, 6) is -0.0746. The summed E-state index contributed by atoms with van der Waals surface area (Å²) in [6.07, 6.45) is 4.16. The molecule has 2 heterocycles. The monoisotopic (exact) mass is 325 g/mol. The Kier molecular flexibility index (Phi) is 3.88. The second kappa shape index (κ2) is 5.69. The molecule has 22 heavy (non-hydrogen) atoms. The molecule has 0 saturated carbocycles. The highest BCUT2D eigenvalue weighted by Gasteiger charge is 2.30. The van der Waals surface area contributed by atoms with E-state index in [9.17, 15) is 18.6 Å². The molecule has 1 atom stereocenters. The van der Waals surface area contributed by atoms with E-state index >= 15 is 0 Å². The van der Waals surface area contributed by atoms with Gasteiger partial charge in [0.1, 0.15) is 11.4 Å². The Bertz CT molecular complexity index is 696. The minimum atomic E-state index is -3.88. The van der Waals surface area contributed by atoms with Gasteiger partial charge in [0, 0.05) is 0 Å². The number of hydrogen-bond acceptors (Lipinski definition) is 5. The van der Waals surface area contributed by atoms with Crippen molar-refractivity contribution in [2.24, 2.45) is 5.92 Å². The second-order valence-electron chi connectivity index (χ2n) is 5.66. The van der Waals surface area contributed by atoms with Gasteiger partial charge in [-0.2, -0.15) is 8.42 Å². The van der Waals surface area contributed by atoms with Crippen LogP contribution in [0.15, 0.2) is 30.3 Å². The number of hydrogen-bond donors (Lipinski definition) is 4. The van der Waals surface area contributed by atoms with Crippen LogP contribution in [0.4, 0.5) is 5.69 Å². The van der Waals surface area contributed by atoms with E-state index in [4.69, 9.17) is 0 Å². The average molecular weight is 325 g/mol. The minimum Gasteiger partial charge on any atom is -0.506 e. The van der Waals surface area contributed by atoms with Crippen molar-refractivity contribution in [3.63, 3.8) is 0 Å². The fourth-order valence-electron chi connectivity index (χ4n) is 2.90. The molecule has 1 unspecified atom stereocenters. The number of phenols is 1. The van der Waals surface area contributed by atoms with Crippen LogP contribution < -0.4 is 14.3 Å². The maximum Gasteiger partial charge on any atom is 0.330 e. The van der Waals surface area contributed by atoms with E-state index in [1.807, 2.05) is 10.8 Å². The number of aliphatic hydroxyl groups is 1. The zero-order valence-corrected chi connectivity index (χ0v) is 12.8. The SMILES string of the molecule is O=S1(=O)NC(O)=CN1c1ccc(CC2CCCNC2)cc1O. The van der Waals surface area contributed by atoms with Gasteiger partial charge in [0.05, 0.1) is 6.20 Å². The highest BCUT2D eigenvalue weighted by atomic mass is 32.2. The van der Waals surface area contributed by atoms with Crippen molar-refractivity contribution >= 4 is 15.9 Å². The standard InChI is InChI=1S/C14H19N3O4S/c18-13-7-10(6-11-2-1-5-15-8-11)3-4-12(13)17-9-14(19)16-22(17,20)21/h3-4,7,9,11,15-16,18-19H,1-2,5-6,8H2. The molecule has 1 aromatic rings. The van der Waals surface area contributed by atoms with Crippen molar-refractivity contribution < 1.29 is 18.6 Å². The average Bonchev–Trinajstić information content (AvgIpc) is 2.73. The van der Waals surface area contributed by atoms with Crippen LogP contribution in [0.3, 0.4) is 0 Å². The van der Waals surface area contributed by atoms with E-state index in [1.54, 1.807) is 12.1 Å². The lowest BCUT2D eigenvalue weighted by atomic mass is 9.92. The highest BCUT2D eigenvalue weighted by Crippen LogP contribution is 2.33. The molecular formula is C14H19N3O4S. The zero-order valence-electron chi connectivity index (χ0n) is 12.0. The topological polar surface area (TPSA) is 102 Å². The van der Waals surface area contributed by atoms with Crippen LogP contribution in [0.2, 0.25) is 0 Å². The normalized spacial score (nSPS) is 23.9. The lowest BCUT2D eigenvalue weighted by Gasteiger charge is -2.23. The lowest BCUT2D eigenvalue weighted by Crippen LogP contribution is -2.31. The number of rotatable bonds is 3. The predicted octanol–water partition coefficient (Wildman–Crippen LogP) is 0.946. The molecule has 0 radical (unpaired) electrons. The molecular weight excluding hydrogens is 306 g/mol. The van der Waals surface area contributed by atoms with Crippen molar-refractivity contribution in [3.8, 4) is 5.75 Å². The first kappa shape index (κ1) is 15.0.